The zero-order valence-corrected chi connectivity index (χ0v) is 13.6. The predicted octanol–water partition coefficient (Wildman–Crippen LogP) is 1.83. The fraction of sp³-hybridized carbons (Fsp3) is 0.250. The molecule has 0 aliphatic rings. The molecule has 2 aromatic heterocycles. The molecule has 0 bridgehead atoms. The SMILES string of the molecule is CC(NC(=O)c1cn(Cc2c(F)cccc2F)nn1)c1cnn(C)c1. The Hall–Kier alpha value is -3.10. The summed E-state index contributed by atoms with van der Waals surface area (Å²) in [4.78, 5) is 12.2. The highest BCUT2D eigenvalue weighted by atomic mass is 19.1. The molecule has 130 valence electrons. The number of aryl methyl sites for hydroxylation is 1. The van der Waals surface area contributed by atoms with Gasteiger partial charge in [0.05, 0.1) is 25.0 Å². The Bertz CT molecular complexity index is 883. The molecule has 1 N–H and O–H groups in total. The zero-order chi connectivity index (χ0) is 18.0. The number of nitrogens with zero attached hydrogens (tertiary/aromatic N) is 5. The van der Waals surface area contributed by atoms with E-state index in [1.165, 1.54) is 29.1 Å². The Labute approximate surface area is 142 Å². The van der Waals surface area contributed by atoms with Crippen LogP contribution < -0.4 is 5.32 Å². The lowest BCUT2D eigenvalue weighted by molar-refractivity contribution is 0.0934. The van der Waals surface area contributed by atoms with Gasteiger partial charge in [-0.3, -0.25) is 9.48 Å². The molecule has 1 aromatic carbocycles. The Morgan fingerprint density at radius 3 is 2.64 bits per heavy atom. The molecule has 0 fully saturated rings. The van der Waals surface area contributed by atoms with Gasteiger partial charge in [0.15, 0.2) is 5.69 Å². The van der Waals surface area contributed by atoms with Crippen molar-refractivity contribution in [3.05, 3.63) is 65.2 Å². The fourth-order valence-corrected chi connectivity index (χ4v) is 2.34. The lowest BCUT2D eigenvalue weighted by Gasteiger charge is -2.10. The van der Waals surface area contributed by atoms with Crippen LogP contribution in [0.3, 0.4) is 0 Å². The van der Waals surface area contributed by atoms with Gasteiger partial charge in [-0.1, -0.05) is 11.3 Å². The van der Waals surface area contributed by atoms with Crippen LogP contribution in [0.2, 0.25) is 0 Å². The van der Waals surface area contributed by atoms with E-state index in [0.29, 0.717) is 0 Å². The van der Waals surface area contributed by atoms with Crippen LogP contribution in [0.4, 0.5) is 8.78 Å². The van der Waals surface area contributed by atoms with Crippen LogP contribution in [0.25, 0.3) is 0 Å². The van der Waals surface area contributed by atoms with Crippen molar-refractivity contribution in [2.45, 2.75) is 19.5 Å². The number of hydrogen-bond acceptors (Lipinski definition) is 4. The molecule has 3 rings (SSSR count). The summed E-state index contributed by atoms with van der Waals surface area (Å²) < 4.78 is 30.2. The highest BCUT2D eigenvalue weighted by Gasteiger charge is 2.17. The van der Waals surface area contributed by atoms with Crippen molar-refractivity contribution in [1.82, 2.24) is 30.1 Å². The number of carbonyl (C=O) groups excluding carboxylic acids is 1. The summed E-state index contributed by atoms with van der Waals surface area (Å²) in [5.74, 6) is -1.78. The number of amides is 1. The van der Waals surface area contributed by atoms with Crippen LogP contribution in [-0.4, -0.2) is 30.7 Å². The first-order chi connectivity index (χ1) is 11.9. The number of halogens is 2. The van der Waals surface area contributed by atoms with E-state index in [4.69, 9.17) is 0 Å². The lowest BCUT2D eigenvalue weighted by Crippen LogP contribution is -2.26. The quantitative estimate of drug-likeness (QED) is 0.765. The minimum atomic E-state index is -0.674. The Morgan fingerprint density at radius 1 is 1.28 bits per heavy atom. The third kappa shape index (κ3) is 3.70. The van der Waals surface area contributed by atoms with E-state index in [2.05, 4.69) is 20.7 Å². The third-order valence-electron chi connectivity index (χ3n) is 3.73. The lowest BCUT2D eigenvalue weighted by atomic mass is 10.2. The van der Waals surface area contributed by atoms with Gasteiger partial charge >= 0.3 is 0 Å². The summed E-state index contributed by atoms with van der Waals surface area (Å²) in [6.07, 6.45) is 4.79. The maximum atomic E-state index is 13.7. The van der Waals surface area contributed by atoms with E-state index >= 15 is 0 Å². The van der Waals surface area contributed by atoms with Crippen molar-refractivity contribution in [3.63, 3.8) is 0 Å². The number of hydrogen-bond donors (Lipinski definition) is 1. The van der Waals surface area contributed by atoms with E-state index in [1.807, 2.05) is 6.92 Å². The van der Waals surface area contributed by atoms with Crippen molar-refractivity contribution < 1.29 is 13.6 Å². The molecule has 1 atom stereocenters. The first-order valence-corrected chi connectivity index (χ1v) is 7.56. The molecular weight excluding hydrogens is 330 g/mol. The average molecular weight is 346 g/mol. The highest BCUT2D eigenvalue weighted by molar-refractivity contribution is 5.92. The monoisotopic (exact) mass is 346 g/mol. The second-order valence-corrected chi connectivity index (χ2v) is 5.64. The van der Waals surface area contributed by atoms with Crippen molar-refractivity contribution in [1.29, 1.82) is 0 Å². The molecule has 25 heavy (non-hydrogen) atoms. The molecule has 1 unspecified atom stereocenters. The number of carbonyl (C=O) groups is 1. The minimum Gasteiger partial charge on any atom is -0.344 e. The Balaban J connectivity index is 1.69. The summed E-state index contributed by atoms with van der Waals surface area (Å²) in [5, 5.41) is 14.3. The molecule has 0 radical (unpaired) electrons. The van der Waals surface area contributed by atoms with Gasteiger partial charge in [-0.2, -0.15) is 5.10 Å². The second-order valence-electron chi connectivity index (χ2n) is 5.64. The van der Waals surface area contributed by atoms with Gasteiger partial charge in [0.25, 0.3) is 5.91 Å². The van der Waals surface area contributed by atoms with Gasteiger partial charge in [-0.05, 0) is 19.1 Å². The average Bonchev–Trinajstić information content (AvgIpc) is 3.20. The topological polar surface area (TPSA) is 77.6 Å². The highest BCUT2D eigenvalue weighted by Crippen LogP contribution is 2.14. The smallest absolute Gasteiger partial charge is 0.273 e. The molecular formula is C16H16F2N6O. The standard InChI is InChI=1S/C16H16F2N6O/c1-10(11-6-19-23(2)7-11)20-16(25)15-9-24(22-21-15)8-12-13(17)4-3-5-14(12)18/h3-7,9-10H,8H2,1-2H3,(H,20,25). The number of nitrogens with one attached hydrogen (secondary N) is 1. The molecule has 0 aliphatic heterocycles. The van der Waals surface area contributed by atoms with Crippen LogP contribution in [0.15, 0.2) is 36.8 Å². The summed E-state index contributed by atoms with van der Waals surface area (Å²) in [6, 6.07) is 3.35. The van der Waals surface area contributed by atoms with Crippen LogP contribution in [-0.2, 0) is 13.6 Å². The number of aromatic nitrogens is 5. The molecule has 0 spiro atoms. The number of benzene rings is 1. The predicted molar refractivity (Wildman–Crippen MR) is 84.6 cm³/mol. The third-order valence-corrected chi connectivity index (χ3v) is 3.73. The second kappa shape index (κ2) is 6.80. The zero-order valence-electron chi connectivity index (χ0n) is 13.6. The molecule has 9 heteroatoms. The van der Waals surface area contributed by atoms with Crippen molar-refractivity contribution in [3.8, 4) is 0 Å². The summed E-state index contributed by atoms with van der Waals surface area (Å²) in [7, 11) is 1.78. The first-order valence-electron chi connectivity index (χ1n) is 7.56. The maximum absolute atomic E-state index is 13.7. The largest absolute Gasteiger partial charge is 0.344 e. The maximum Gasteiger partial charge on any atom is 0.273 e. The van der Waals surface area contributed by atoms with Crippen molar-refractivity contribution in [2.24, 2.45) is 7.05 Å². The molecule has 3 aromatic rings. The molecule has 0 saturated heterocycles. The van der Waals surface area contributed by atoms with Gasteiger partial charge < -0.3 is 5.32 Å². The van der Waals surface area contributed by atoms with E-state index in [0.717, 1.165) is 5.56 Å². The van der Waals surface area contributed by atoms with Gasteiger partial charge in [0, 0.05) is 24.4 Å². The van der Waals surface area contributed by atoms with Crippen LogP contribution in [0.5, 0.6) is 0 Å². The van der Waals surface area contributed by atoms with Gasteiger partial charge in [0.2, 0.25) is 0 Å². The van der Waals surface area contributed by atoms with Crippen molar-refractivity contribution >= 4 is 5.91 Å². The Kier molecular flexibility index (Phi) is 4.55. The van der Waals surface area contributed by atoms with E-state index in [9.17, 15) is 13.6 Å². The normalized spacial score (nSPS) is 12.2. The minimum absolute atomic E-state index is 0.0625. The van der Waals surface area contributed by atoms with E-state index in [1.54, 1.807) is 24.1 Å². The van der Waals surface area contributed by atoms with Gasteiger partial charge in [-0.15, -0.1) is 5.10 Å². The fourth-order valence-electron chi connectivity index (χ4n) is 2.34. The van der Waals surface area contributed by atoms with E-state index < -0.39 is 17.5 Å². The van der Waals surface area contributed by atoms with E-state index in [-0.39, 0.29) is 23.8 Å². The number of rotatable bonds is 5. The molecule has 0 aliphatic carbocycles. The van der Waals surface area contributed by atoms with Crippen molar-refractivity contribution in [2.75, 3.05) is 0 Å². The Morgan fingerprint density at radius 2 is 2.00 bits per heavy atom. The molecule has 7 nitrogen and oxygen atoms in total. The summed E-state index contributed by atoms with van der Waals surface area (Å²) >= 11 is 0. The molecule has 0 saturated carbocycles. The van der Waals surface area contributed by atoms with Crippen LogP contribution in [0, 0.1) is 11.6 Å². The summed E-state index contributed by atoms with van der Waals surface area (Å²) in [5.41, 5.74) is 0.771. The first kappa shape index (κ1) is 16.7. The molecule has 2 heterocycles. The van der Waals surface area contributed by atoms with Crippen LogP contribution in [0.1, 0.15) is 34.6 Å². The summed E-state index contributed by atoms with van der Waals surface area (Å²) in [6.45, 7) is 1.66. The molecule has 1 amide bonds. The van der Waals surface area contributed by atoms with Gasteiger partial charge in [-0.25, -0.2) is 13.5 Å². The van der Waals surface area contributed by atoms with Crippen LogP contribution >= 0.6 is 0 Å². The van der Waals surface area contributed by atoms with Gasteiger partial charge in [0.1, 0.15) is 11.6 Å².